The third-order valence-corrected chi connectivity index (χ3v) is 5.93. The summed E-state index contributed by atoms with van der Waals surface area (Å²) in [5, 5.41) is 24.5. The summed E-state index contributed by atoms with van der Waals surface area (Å²) in [5.74, 6) is 1.30. The van der Waals surface area contributed by atoms with Gasteiger partial charge in [-0.25, -0.2) is 0 Å². The van der Waals surface area contributed by atoms with Crippen LogP contribution in [0, 0.1) is 13.8 Å². The fraction of sp³-hybridized carbons (Fsp3) is 0.625. The number of likely N-dealkylation sites (N-methyl/N-ethyl adjacent to an activating group) is 1. The molecule has 0 aliphatic carbocycles. The normalized spacial score (nSPS) is 16.5. The van der Waals surface area contributed by atoms with Gasteiger partial charge in [0.2, 0.25) is 0 Å². The van der Waals surface area contributed by atoms with Crippen LogP contribution in [0.2, 0.25) is 0 Å². The Morgan fingerprint density at radius 2 is 1.94 bits per heavy atom. The number of ether oxygens (including phenoxy) is 2. The molecule has 8 heteroatoms. The quantitative estimate of drug-likeness (QED) is 0.545. The second kappa shape index (κ2) is 11.7. The smallest absolute Gasteiger partial charge is 0.161 e. The lowest BCUT2D eigenvalue weighted by Crippen LogP contribution is -2.41. The first-order valence-electron chi connectivity index (χ1n) is 11.4. The van der Waals surface area contributed by atoms with Crippen molar-refractivity contribution in [1.82, 2.24) is 19.6 Å². The first kappa shape index (κ1) is 24.5. The van der Waals surface area contributed by atoms with Crippen LogP contribution in [0.15, 0.2) is 24.3 Å². The number of benzene rings is 1. The number of aryl methyl sites for hydroxylation is 2. The lowest BCUT2D eigenvalue weighted by Gasteiger charge is -2.30. The summed E-state index contributed by atoms with van der Waals surface area (Å²) in [6.07, 6.45) is 0.729. The van der Waals surface area contributed by atoms with Crippen molar-refractivity contribution in [1.29, 1.82) is 0 Å². The Kier molecular flexibility index (Phi) is 8.92. The molecule has 1 saturated heterocycles. The fourth-order valence-electron chi connectivity index (χ4n) is 4.13. The van der Waals surface area contributed by atoms with Crippen molar-refractivity contribution in [2.75, 3.05) is 46.9 Å². The van der Waals surface area contributed by atoms with Crippen molar-refractivity contribution >= 4 is 0 Å². The Morgan fingerprint density at radius 1 is 1.19 bits per heavy atom. The van der Waals surface area contributed by atoms with Crippen molar-refractivity contribution in [3.05, 3.63) is 41.2 Å². The molecule has 0 saturated carbocycles. The van der Waals surface area contributed by atoms with E-state index in [1.165, 1.54) is 5.69 Å². The summed E-state index contributed by atoms with van der Waals surface area (Å²) in [6, 6.07) is 8.04. The molecule has 2 N–H and O–H groups in total. The van der Waals surface area contributed by atoms with E-state index in [4.69, 9.17) is 9.47 Å². The Hall–Kier alpha value is -2.13. The molecule has 0 bridgehead atoms. The zero-order chi connectivity index (χ0) is 23.1. The molecular formula is C24H38N4O4. The van der Waals surface area contributed by atoms with E-state index >= 15 is 0 Å². The highest BCUT2D eigenvalue weighted by atomic mass is 16.5. The molecule has 1 fully saturated rings. The van der Waals surface area contributed by atoms with Crippen LogP contribution < -0.4 is 9.47 Å². The van der Waals surface area contributed by atoms with Gasteiger partial charge < -0.3 is 29.5 Å². The summed E-state index contributed by atoms with van der Waals surface area (Å²) >= 11 is 0. The highest BCUT2D eigenvalue weighted by Crippen LogP contribution is 2.28. The second-order valence-corrected chi connectivity index (χ2v) is 8.87. The second-order valence-electron chi connectivity index (χ2n) is 8.87. The van der Waals surface area contributed by atoms with Gasteiger partial charge >= 0.3 is 0 Å². The largest absolute Gasteiger partial charge is 0.493 e. The molecule has 2 heterocycles. The predicted molar refractivity (Wildman–Crippen MR) is 124 cm³/mol. The van der Waals surface area contributed by atoms with Crippen molar-refractivity contribution < 1.29 is 19.7 Å². The lowest BCUT2D eigenvalue weighted by molar-refractivity contribution is 0.0333. The standard InChI is InChI=1S/C24H38N4O4/c1-18-13-19(2)28(25-18)12-11-26(3)15-20-5-6-23(24(14-20)31-4)32-17-22(30)16-27-9-7-21(29)8-10-27/h5-6,13-14,21-22,29-30H,7-12,15-17H2,1-4H3/t22-/m0/s1. The van der Waals surface area contributed by atoms with Crippen LogP contribution in [0.25, 0.3) is 0 Å². The molecule has 32 heavy (non-hydrogen) atoms. The van der Waals surface area contributed by atoms with E-state index in [9.17, 15) is 10.2 Å². The fourth-order valence-corrected chi connectivity index (χ4v) is 4.13. The maximum atomic E-state index is 10.4. The molecule has 1 atom stereocenters. The summed E-state index contributed by atoms with van der Waals surface area (Å²) in [4.78, 5) is 4.42. The van der Waals surface area contributed by atoms with Crippen LogP contribution in [0.5, 0.6) is 11.5 Å². The zero-order valence-corrected chi connectivity index (χ0v) is 19.8. The molecule has 178 valence electrons. The van der Waals surface area contributed by atoms with E-state index in [2.05, 4.69) is 34.9 Å². The molecule has 2 aromatic rings. The number of likely N-dealkylation sites (tertiary alicyclic amines) is 1. The minimum atomic E-state index is -0.588. The number of hydrogen-bond acceptors (Lipinski definition) is 7. The van der Waals surface area contributed by atoms with E-state index in [1.807, 2.05) is 29.8 Å². The minimum absolute atomic E-state index is 0.206. The number of methoxy groups -OCH3 is 1. The van der Waals surface area contributed by atoms with Gasteiger partial charge in [0.25, 0.3) is 0 Å². The van der Waals surface area contributed by atoms with E-state index in [0.29, 0.717) is 18.0 Å². The van der Waals surface area contributed by atoms with Gasteiger partial charge in [0.05, 0.1) is 25.5 Å². The van der Waals surface area contributed by atoms with Crippen molar-refractivity contribution in [2.45, 2.75) is 52.0 Å². The third kappa shape index (κ3) is 7.20. The van der Waals surface area contributed by atoms with Crippen LogP contribution in [-0.4, -0.2) is 88.9 Å². The average molecular weight is 447 g/mol. The van der Waals surface area contributed by atoms with Gasteiger partial charge in [-0.15, -0.1) is 0 Å². The van der Waals surface area contributed by atoms with E-state index in [-0.39, 0.29) is 12.7 Å². The number of piperidine rings is 1. The molecule has 0 amide bonds. The summed E-state index contributed by atoms with van der Waals surface area (Å²) in [5.41, 5.74) is 3.36. The topological polar surface area (TPSA) is 83.2 Å². The Morgan fingerprint density at radius 3 is 2.59 bits per heavy atom. The number of hydrogen-bond donors (Lipinski definition) is 2. The number of aromatic nitrogens is 2. The van der Waals surface area contributed by atoms with Gasteiger partial charge in [-0.3, -0.25) is 4.68 Å². The van der Waals surface area contributed by atoms with Crippen LogP contribution in [0.4, 0.5) is 0 Å². The van der Waals surface area contributed by atoms with Gasteiger partial charge in [0, 0.05) is 38.4 Å². The molecule has 3 rings (SSSR count). The highest BCUT2D eigenvalue weighted by molar-refractivity contribution is 5.43. The minimum Gasteiger partial charge on any atom is -0.493 e. The SMILES string of the molecule is COc1cc(CN(C)CCn2nc(C)cc2C)ccc1OC[C@@H](O)CN1CCC(O)CC1. The monoisotopic (exact) mass is 446 g/mol. The van der Waals surface area contributed by atoms with Crippen molar-refractivity contribution in [3.63, 3.8) is 0 Å². The van der Waals surface area contributed by atoms with Crippen LogP contribution >= 0.6 is 0 Å². The molecule has 1 aliphatic rings. The predicted octanol–water partition coefficient (Wildman–Crippen LogP) is 1.84. The summed E-state index contributed by atoms with van der Waals surface area (Å²) in [7, 11) is 3.73. The molecule has 1 aliphatic heterocycles. The van der Waals surface area contributed by atoms with Crippen molar-refractivity contribution in [3.8, 4) is 11.5 Å². The van der Waals surface area contributed by atoms with Gasteiger partial charge in [0.1, 0.15) is 12.7 Å². The maximum absolute atomic E-state index is 10.4. The molecule has 1 aromatic carbocycles. The molecule has 8 nitrogen and oxygen atoms in total. The summed E-state index contributed by atoms with van der Waals surface area (Å²) < 4.78 is 13.4. The van der Waals surface area contributed by atoms with Gasteiger partial charge in [-0.05, 0) is 57.5 Å². The zero-order valence-electron chi connectivity index (χ0n) is 19.8. The number of rotatable bonds is 11. The van der Waals surface area contributed by atoms with E-state index in [1.54, 1.807) is 7.11 Å². The van der Waals surface area contributed by atoms with Crippen molar-refractivity contribution in [2.24, 2.45) is 0 Å². The Bertz CT molecular complexity index is 849. The maximum Gasteiger partial charge on any atom is 0.161 e. The lowest BCUT2D eigenvalue weighted by atomic mass is 10.1. The average Bonchev–Trinajstić information content (AvgIpc) is 3.09. The highest BCUT2D eigenvalue weighted by Gasteiger charge is 2.20. The van der Waals surface area contributed by atoms with Crippen LogP contribution in [0.3, 0.4) is 0 Å². The first-order valence-corrected chi connectivity index (χ1v) is 11.4. The molecule has 1 aromatic heterocycles. The Labute approximate surface area is 191 Å². The number of nitrogens with zero attached hydrogens (tertiary/aromatic N) is 4. The summed E-state index contributed by atoms with van der Waals surface area (Å²) in [6.45, 7) is 9.00. The number of aliphatic hydroxyl groups excluding tert-OH is 2. The van der Waals surface area contributed by atoms with E-state index < -0.39 is 6.10 Å². The molecule has 0 unspecified atom stereocenters. The van der Waals surface area contributed by atoms with Crippen LogP contribution in [0.1, 0.15) is 29.8 Å². The molecular weight excluding hydrogens is 408 g/mol. The molecule has 0 spiro atoms. The number of aliphatic hydroxyl groups is 2. The number of β-amino-alcohol motifs (C(OH)–C–C–N with tert-alkyl or cyclic N) is 1. The Balaban J connectivity index is 1.47. The van der Waals surface area contributed by atoms with Gasteiger partial charge in [-0.1, -0.05) is 6.07 Å². The molecule has 0 radical (unpaired) electrons. The van der Waals surface area contributed by atoms with E-state index in [0.717, 1.165) is 56.8 Å². The van der Waals surface area contributed by atoms with Gasteiger partial charge in [0.15, 0.2) is 11.5 Å². The first-order chi connectivity index (χ1) is 15.3. The third-order valence-electron chi connectivity index (χ3n) is 5.93. The van der Waals surface area contributed by atoms with Gasteiger partial charge in [-0.2, -0.15) is 5.10 Å². The van der Waals surface area contributed by atoms with Crippen LogP contribution in [-0.2, 0) is 13.1 Å².